The number of halogens is 1. The normalized spacial score (nSPS) is 11.5. The zero-order chi connectivity index (χ0) is 23.0. The van der Waals surface area contributed by atoms with Crippen molar-refractivity contribution in [3.63, 3.8) is 0 Å². The van der Waals surface area contributed by atoms with Crippen LogP contribution in [0.5, 0.6) is 5.75 Å². The molecule has 0 saturated carbocycles. The van der Waals surface area contributed by atoms with E-state index >= 15 is 0 Å². The predicted octanol–water partition coefficient (Wildman–Crippen LogP) is 4.97. The van der Waals surface area contributed by atoms with Crippen molar-refractivity contribution in [2.45, 2.75) is 19.1 Å². The molecule has 4 rings (SSSR count). The number of carboxylic acid groups (broad SMARTS) is 1. The Balaban J connectivity index is 1.47. The van der Waals surface area contributed by atoms with Gasteiger partial charge in [0.05, 0.1) is 5.69 Å². The molecule has 0 aliphatic rings. The van der Waals surface area contributed by atoms with Crippen molar-refractivity contribution in [2.24, 2.45) is 0 Å². The highest BCUT2D eigenvalue weighted by Gasteiger charge is 2.19. The zero-order valence-corrected chi connectivity index (χ0v) is 17.7. The number of benzene rings is 3. The summed E-state index contributed by atoms with van der Waals surface area (Å²) in [5.74, 6) is -1.02. The SMILES string of the molecule is O=C(O)C(Cc1ccccc1)Nc1cc(-c2ccc(OCc3ccccc3)c(F)c2)ncn1. The lowest BCUT2D eigenvalue weighted by Gasteiger charge is -2.15. The Bertz CT molecular complexity index is 1220. The molecule has 7 heteroatoms. The first kappa shape index (κ1) is 22.0. The van der Waals surface area contributed by atoms with Crippen LogP contribution in [0.15, 0.2) is 91.3 Å². The summed E-state index contributed by atoms with van der Waals surface area (Å²) in [5, 5.41) is 12.5. The number of nitrogens with zero attached hydrogens (tertiary/aromatic N) is 2. The highest BCUT2D eigenvalue weighted by Crippen LogP contribution is 2.26. The molecule has 0 fully saturated rings. The second-order valence-corrected chi connectivity index (χ2v) is 7.43. The number of aromatic nitrogens is 2. The van der Waals surface area contributed by atoms with Crippen molar-refractivity contribution in [3.8, 4) is 17.0 Å². The fraction of sp³-hybridized carbons (Fsp3) is 0.115. The van der Waals surface area contributed by atoms with Crippen molar-refractivity contribution in [1.29, 1.82) is 0 Å². The molecule has 0 spiro atoms. The first-order chi connectivity index (χ1) is 16.1. The van der Waals surface area contributed by atoms with Gasteiger partial charge in [0.1, 0.15) is 24.8 Å². The molecule has 0 saturated heterocycles. The number of hydrogen-bond donors (Lipinski definition) is 2. The van der Waals surface area contributed by atoms with E-state index in [2.05, 4.69) is 15.3 Å². The molecule has 0 bridgehead atoms. The first-order valence-electron chi connectivity index (χ1n) is 10.4. The van der Waals surface area contributed by atoms with Crippen molar-refractivity contribution < 1.29 is 19.0 Å². The van der Waals surface area contributed by atoms with E-state index in [1.807, 2.05) is 60.7 Å². The maximum Gasteiger partial charge on any atom is 0.326 e. The molecule has 166 valence electrons. The van der Waals surface area contributed by atoms with Gasteiger partial charge in [-0.15, -0.1) is 0 Å². The first-order valence-corrected chi connectivity index (χ1v) is 10.4. The molecule has 0 radical (unpaired) electrons. The average molecular weight is 443 g/mol. The Morgan fingerprint density at radius 1 is 0.939 bits per heavy atom. The Labute approximate surface area is 190 Å². The van der Waals surface area contributed by atoms with E-state index < -0.39 is 17.8 Å². The van der Waals surface area contributed by atoms with Crippen LogP contribution in [0.4, 0.5) is 10.2 Å². The molecular formula is C26H22FN3O3. The van der Waals surface area contributed by atoms with Crippen LogP contribution >= 0.6 is 0 Å². The molecule has 1 heterocycles. The van der Waals surface area contributed by atoms with E-state index in [9.17, 15) is 14.3 Å². The summed E-state index contributed by atoms with van der Waals surface area (Å²) in [7, 11) is 0. The monoisotopic (exact) mass is 443 g/mol. The van der Waals surface area contributed by atoms with Crippen LogP contribution in [-0.2, 0) is 17.8 Å². The third kappa shape index (κ3) is 5.92. The van der Waals surface area contributed by atoms with Gasteiger partial charge >= 0.3 is 5.97 Å². The molecule has 0 amide bonds. The van der Waals surface area contributed by atoms with E-state index in [1.165, 1.54) is 12.4 Å². The number of ether oxygens (including phenoxy) is 1. The van der Waals surface area contributed by atoms with Gasteiger partial charge in [0.15, 0.2) is 11.6 Å². The molecule has 0 aliphatic carbocycles. The van der Waals surface area contributed by atoms with Gasteiger partial charge in [-0.2, -0.15) is 0 Å². The molecule has 0 aliphatic heterocycles. The predicted molar refractivity (Wildman–Crippen MR) is 123 cm³/mol. The molecule has 6 nitrogen and oxygen atoms in total. The zero-order valence-electron chi connectivity index (χ0n) is 17.7. The lowest BCUT2D eigenvalue weighted by molar-refractivity contribution is -0.137. The molecule has 33 heavy (non-hydrogen) atoms. The Morgan fingerprint density at radius 3 is 2.30 bits per heavy atom. The Kier molecular flexibility index (Phi) is 6.90. The summed E-state index contributed by atoms with van der Waals surface area (Å²) in [4.78, 5) is 20.1. The summed E-state index contributed by atoms with van der Waals surface area (Å²) < 4.78 is 20.2. The van der Waals surface area contributed by atoms with E-state index in [1.54, 1.807) is 18.2 Å². The Hall–Kier alpha value is -4.26. The van der Waals surface area contributed by atoms with Crippen LogP contribution < -0.4 is 10.1 Å². The topological polar surface area (TPSA) is 84.3 Å². The van der Waals surface area contributed by atoms with Crippen molar-refractivity contribution in [1.82, 2.24) is 9.97 Å². The number of carbonyl (C=O) groups is 1. The van der Waals surface area contributed by atoms with E-state index in [-0.39, 0.29) is 18.8 Å². The number of anilines is 1. The lowest BCUT2D eigenvalue weighted by Crippen LogP contribution is -2.31. The summed E-state index contributed by atoms with van der Waals surface area (Å²) in [6.07, 6.45) is 1.61. The molecule has 1 unspecified atom stereocenters. The summed E-state index contributed by atoms with van der Waals surface area (Å²) in [6.45, 7) is 0.261. The summed E-state index contributed by atoms with van der Waals surface area (Å²) in [5.41, 5.74) is 2.82. The highest BCUT2D eigenvalue weighted by atomic mass is 19.1. The third-order valence-electron chi connectivity index (χ3n) is 5.03. The van der Waals surface area contributed by atoms with Gasteiger partial charge in [-0.3, -0.25) is 0 Å². The molecule has 3 aromatic carbocycles. The number of aliphatic carboxylic acids is 1. The maximum absolute atomic E-state index is 14.6. The molecule has 4 aromatic rings. The summed E-state index contributed by atoms with van der Waals surface area (Å²) in [6, 6.07) is 24.2. The van der Waals surface area contributed by atoms with Crippen LogP contribution in [-0.4, -0.2) is 27.1 Å². The van der Waals surface area contributed by atoms with Crippen LogP contribution in [0, 0.1) is 5.82 Å². The second-order valence-electron chi connectivity index (χ2n) is 7.43. The van der Waals surface area contributed by atoms with Gasteiger partial charge in [0, 0.05) is 18.1 Å². The molecule has 2 N–H and O–H groups in total. The lowest BCUT2D eigenvalue weighted by atomic mass is 10.1. The van der Waals surface area contributed by atoms with Gasteiger partial charge in [-0.25, -0.2) is 19.2 Å². The Morgan fingerprint density at radius 2 is 1.64 bits per heavy atom. The highest BCUT2D eigenvalue weighted by molar-refractivity contribution is 5.77. The minimum absolute atomic E-state index is 0.142. The number of rotatable bonds is 9. The van der Waals surface area contributed by atoms with E-state index in [0.29, 0.717) is 17.1 Å². The van der Waals surface area contributed by atoms with Gasteiger partial charge in [0.2, 0.25) is 0 Å². The quantitative estimate of drug-likeness (QED) is 0.380. The van der Waals surface area contributed by atoms with Gasteiger partial charge in [-0.05, 0) is 29.3 Å². The largest absolute Gasteiger partial charge is 0.486 e. The van der Waals surface area contributed by atoms with Crippen LogP contribution in [0.1, 0.15) is 11.1 Å². The molecular weight excluding hydrogens is 421 g/mol. The number of hydrogen-bond acceptors (Lipinski definition) is 5. The number of nitrogens with one attached hydrogen (secondary N) is 1. The van der Waals surface area contributed by atoms with Crippen LogP contribution in [0.25, 0.3) is 11.3 Å². The standard InChI is InChI=1S/C26H22FN3O3/c27-21-14-20(11-12-24(21)33-16-19-9-5-2-6-10-19)22-15-25(29-17-28-22)30-23(26(31)32)13-18-7-3-1-4-8-18/h1-12,14-15,17,23H,13,16H2,(H,31,32)(H,28,29,30). The summed E-state index contributed by atoms with van der Waals surface area (Å²) >= 11 is 0. The van der Waals surface area contributed by atoms with Crippen LogP contribution in [0.3, 0.4) is 0 Å². The van der Waals surface area contributed by atoms with Gasteiger partial charge < -0.3 is 15.2 Å². The van der Waals surface area contributed by atoms with Crippen molar-refractivity contribution in [2.75, 3.05) is 5.32 Å². The molecule has 1 atom stereocenters. The van der Waals surface area contributed by atoms with Crippen molar-refractivity contribution in [3.05, 3.63) is 108 Å². The molecule has 1 aromatic heterocycles. The van der Waals surface area contributed by atoms with Crippen molar-refractivity contribution >= 4 is 11.8 Å². The van der Waals surface area contributed by atoms with Gasteiger partial charge in [0.25, 0.3) is 0 Å². The third-order valence-corrected chi connectivity index (χ3v) is 5.03. The fourth-order valence-electron chi connectivity index (χ4n) is 3.34. The average Bonchev–Trinajstić information content (AvgIpc) is 2.84. The van der Waals surface area contributed by atoms with E-state index in [4.69, 9.17) is 4.74 Å². The maximum atomic E-state index is 14.6. The van der Waals surface area contributed by atoms with Crippen LogP contribution in [0.2, 0.25) is 0 Å². The number of carboxylic acids is 1. The van der Waals surface area contributed by atoms with E-state index in [0.717, 1.165) is 11.1 Å². The fourth-order valence-corrected chi connectivity index (χ4v) is 3.34. The minimum Gasteiger partial charge on any atom is -0.486 e. The second kappa shape index (κ2) is 10.4. The minimum atomic E-state index is -0.995. The van der Waals surface area contributed by atoms with Gasteiger partial charge in [-0.1, -0.05) is 60.7 Å². The smallest absolute Gasteiger partial charge is 0.326 e.